The molecular formula is C15H16Cl3N3O2S. The predicted molar refractivity (Wildman–Crippen MR) is 101 cm³/mol. The van der Waals surface area contributed by atoms with Crippen LogP contribution in [0.1, 0.15) is 26.2 Å². The molecule has 0 radical (unpaired) electrons. The molecular weight excluding hydrogens is 393 g/mol. The van der Waals surface area contributed by atoms with Gasteiger partial charge in [-0.2, -0.15) is 0 Å². The Balaban J connectivity index is 1.94. The smallest absolute Gasteiger partial charge is 0.240 e. The SMILES string of the molecule is CCCCN=C1NC(=O)C(CC(=O)Nc2cc(Cl)c(Cl)cc2Cl)S1. The molecule has 130 valence electrons. The van der Waals surface area contributed by atoms with Crippen molar-refractivity contribution in [3.8, 4) is 0 Å². The van der Waals surface area contributed by atoms with Gasteiger partial charge >= 0.3 is 0 Å². The third-order valence-corrected chi connectivity index (χ3v) is 5.35. The standard InChI is InChI=1S/C15H16Cl3N3O2S/c1-2-3-4-19-15-21-14(23)12(24-15)7-13(22)20-11-6-9(17)8(16)5-10(11)18/h5-6,12H,2-4,7H2,1H3,(H,20,22)(H,19,21,23). The van der Waals surface area contributed by atoms with E-state index in [1.807, 2.05) is 0 Å². The molecule has 0 aromatic heterocycles. The Hall–Kier alpha value is -0.950. The summed E-state index contributed by atoms with van der Waals surface area (Å²) in [7, 11) is 0. The topological polar surface area (TPSA) is 70.6 Å². The number of hydrogen-bond acceptors (Lipinski definition) is 4. The van der Waals surface area contributed by atoms with Gasteiger partial charge in [-0.15, -0.1) is 0 Å². The Morgan fingerprint density at radius 1 is 1.29 bits per heavy atom. The molecule has 0 saturated carbocycles. The number of unbranched alkanes of at least 4 members (excludes halogenated alkanes) is 1. The lowest BCUT2D eigenvalue weighted by molar-refractivity contribution is -0.122. The van der Waals surface area contributed by atoms with Gasteiger partial charge in [-0.05, 0) is 18.6 Å². The number of aliphatic imine (C=N–C) groups is 1. The Bertz CT molecular complexity index is 682. The number of nitrogens with one attached hydrogen (secondary N) is 2. The molecule has 1 fully saturated rings. The first kappa shape index (κ1) is 19.4. The van der Waals surface area contributed by atoms with E-state index in [4.69, 9.17) is 34.8 Å². The summed E-state index contributed by atoms with van der Waals surface area (Å²) in [6.45, 7) is 2.73. The lowest BCUT2D eigenvalue weighted by atomic mass is 10.2. The van der Waals surface area contributed by atoms with E-state index in [1.165, 1.54) is 23.9 Å². The van der Waals surface area contributed by atoms with E-state index in [1.54, 1.807) is 0 Å². The fourth-order valence-electron chi connectivity index (χ4n) is 1.94. The minimum absolute atomic E-state index is 0.0138. The minimum Gasteiger partial charge on any atom is -0.325 e. The van der Waals surface area contributed by atoms with Crippen molar-refractivity contribution < 1.29 is 9.59 Å². The molecule has 0 spiro atoms. The number of thioether (sulfide) groups is 1. The van der Waals surface area contributed by atoms with Gasteiger partial charge in [-0.1, -0.05) is 59.9 Å². The van der Waals surface area contributed by atoms with E-state index >= 15 is 0 Å². The molecule has 1 aliphatic heterocycles. The van der Waals surface area contributed by atoms with Crippen molar-refractivity contribution >= 4 is 69.2 Å². The van der Waals surface area contributed by atoms with Crippen molar-refractivity contribution in [3.63, 3.8) is 0 Å². The molecule has 1 aromatic rings. The molecule has 9 heteroatoms. The maximum absolute atomic E-state index is 12.2. The van der Waals surface area contributed by atoms with E-state index in [9.17, 15) is 9.59 Å². The second-order valence-electron chi connectivity index (χ2n) is 5.13. The van der Waals surface area contributed by atoms with Crippen LogP contribution >= 0.6 is 46.6 Å². The maximum Gasteiger partial charge on any atom is 0.240 e. The normalized spacial score (nSPS) is 18.8. The van der Waals surface area contributed by atoms with E-state index in [0.717, 1.165) is 12.8 Å². The lowest BCUT2D eigenvalue weighted by Crippen LogP contribution is -2.28. The van der Waals surface area contributed by atoms with Gasteiger partial charge in [0.25, 0.3) is 0 Å². The molecule has 2 N–H and O–H groups in total. The highest BCUT2D eigenvalue weighted by Gasteiger charge is 2.32. The third kappa shape index (κ3) is 5.28. The molecule has 2 amide bonds. The minimum atomic E-state index is -0.507. The summed E-state index contributed by atoms with van der Waals surface area (Å²) in [5, 5.41) is 6.27. The number of hydrogen-bond donors (Lipinski definition) is 2. The maximum atomic E-state index is 12.2. The third-order valence-electron chi connectivity index (χ3n) is 3.20. The Morgan fingerprint density at radius 2 is 2.00 bits per heavy atom. The second kappa shape index (κ2) is 8.94. The molecule has 1 aliphatic rings. The number of carbonyl (C=O) groups excluding carboxylic acids is 2. The molecule has 0 aliphatic carbocycles. The first-order chi connectivity index (χ1) is 11.4. The van der Waals surface area contributed by atoms with Crippen LogP contribution in [0.3, 0.4) is 0 Å². The lowest BCUT2D eigenvalue weighted by Gasteiger charge is -2.10. The summed E-state index contributed by atoms with van der Waals surface area (Å²) in [6.07, 6.45) is 2.01. The Labute approximate surface area is 159 Å². The van der Waals surface area contributed by atoms with Crippen LogP contribution in [0.25, 0.3) is 0 Å². The van der Waals surface area contributed by atoms with Crippen LogP contribution < -0.4 is 10.6 Å². The van der Waals surface area contributed by atoms with Crippen molar-refractivity contribution in [2.45, 2.75) is 31.4 Å². The quantitative estimate of drug-likeness (QED) is 0.542. The molecule has 2 rings (SSSR count). The molecule has 24 heavy (non-hydrogen) atoms. The first-order valence-electron chi connectivity index (χ1n) is 7.37. The molecule has 1 aromatic carbocycles. The van der Waals surface area contributed by atoms with Crippen LogP contribution in [0.4, 0.5) is 5.69 Å². The van der Waals surface area contributed by atoms with E-state index < -0.39 is 5.25 Å². The van der Waals surface area contributed by atoms with Crippen molar-refractivity contribution in [1.82, 2.24) is 5.32 Å². The van der Waals surface area contributed by atoms with Crippen LogP contribution in [-0.2, 0) is 9.59 Å². The zero-order valence-corrected chi connectivity index (χ0v) is 16.0. The summed E-state index contributed by atoms with van der Waals surface area (Å²) >= 11 is 19.1. The van der Waals surface area contributed by atoms with Crippen molar-refractivity contribution in [2.75, 3.05) is 11.9 Å². The largest absolute Gasteiger partial charge is 0.325 e. The zero-order chi connectivity index (χ0) is 17.7. The van der Waals surface area contributed by atoms with Gasteiger partial charge in [0.05, 0.1) is 20.8 Å². The summed E-state index contributed by atoms with van der Waals surface area (Å²) < 4.78 is 0. The van der Waals surface area contributed by atoms with Gasteiger partial charge < -0.3 is 10.6 Å². The van der Waals surface area contributed by atoms with Crippen LogP contribution in [0.15, 0.2) is 17.1 Å². The van der Waals surface area contributed by atoms with Crippen LogP contribution in [0.5, 0.6) is 0 Å². The van der Waals surface area contributed by atoms with Crippen LogP contribution in [-0.4, -0.2) is 28.8 Å². The molecule has 1 unspecified atom stereocenters. The Morgan fingerprint density at radius 3 is 2.71 bits per heavy atom. The Kier molecular flexibility index (Phi) is 7.22. The van der Waals surface area contributed by atoms with Crippen molar-refractivity contribution in [2.24, 2.45) is 4.99 Å². The van der Waals surface area contributed by atoms with Gasteiger partial charge in [0.15, 0.2) is 5.17 Å². The first-order valence-corrected chi connectivity index (χ1v) is 9.38. The fourth-order valence-corrected chi connectivity index (χ4v) is 3.53. The summed E-state index contributed by atoms with van der Waals surface area (Å²) in [5.41, 5.74) is 0.358. The summed E-state index contributed by atoms with van der Waals surface area (Å²) in [4.78, 5) is 28.4. The number of carbonyl (C=O) groups is 2. The predicted octanol–water partition coefficient (Wildman–Crippen LogP) is 4.36. The molecule has 1 atom stereocenters. The van der Waals surface area contributed by atoms with Crippen LogP contribution in [0, 0.1) is 0 Å². The zero-order valence-electron chi connectivity index (χ0n) is 12.9. The number of amidine groups is 1. The number of amides is 2. The average molecular weight is 409 g/mol. The molecule has 0 bridgehead atoms. The second-order valence-corrected chi connectivity index (χ2v) is 7.55. The highest BCUT2D eigenvalue weighted by atomic mass is 35.5. The van der Waals surface area contributed by atoms with Gasteiger partial charge in [-0.3, -0.25) is 14.6 Å². The average Bonchev–Trinajstić information content (AvgIpc) is 2.85. The molecule has 1 heterocycles. The number of nitrogens with zero attached hydrogens (tertiary/aromatic N) is 1. The summed E-state index contributed by atoms with van der Waals surface area (Å²) in [6, 6.07) is 2.93. The molecule has 1 saturated heterocycles. The van der Waals surface area contributed by atoms with Crippen molar-refractivity contribution in [1.29, 1.82) is 0 Å². The van der Waals surface area contributed by atoms with Gasteiger partial charge in [-0.25, -0.2) is 0 Å². The van der Waals surface area contributed by atoms with Gasteiger partial charge in [0.2, 0.25) is 11.8 Å². The van der Waals surface area contributed by atoms with E-state index in [2.05, 4.69) is 22.5 Å². The van der Waals surface area contributed by atoms with Gasteiger partial charge in [0, 0.05) is 13.0 Å². The fraction of sp³-hybridized carbons (Fsp3) is 0.400. The highest BCUT2D eigenvalue weighted by Crippen LogP contribution is 2.32. The van der Waals surface area contributed by atoms with Crippen LogP contribution in [0.2, 0.25) is 15.1 Å². The monoisotopic (exact) mass is 407 g/mol. The highest BCUT2D eigenvalue weighted by molar-refractivity contribution is 8.15. The van der Waals surface area contributed by atoms with Crippen molar-refractivity contribution in [3.05, 3.63) is 27.2 Å². The van der Waals surface area contributed by atoms with E-state index in [-0.39, 0.29) is 28.3 Å². The number of rotatable bonds is 6. The number of anilines is 1. The van der Waals surface area contributed by atoms with E-state index in [0.29, 0.717) is 22.4 Å². The number of benzene rings is 1. The molecule has 5 nitrogen and oxygen atoms in total. The number of halogens is 3. The summed E-state index contributed by atoms with van der Waals surface area (Å²) in [5.74, 6) is -0.552. The van der Waals surface area contributed by atoms with Gasteiger partial charge in [0.1, 0.15) is 5.25 Å².